The highest BCUT2D eigenvalue weighted by Crippen LogP contribution is 2.27. The van der Waals surface area contributed by atoms with Gasteiger partial charge in [0.15, 0.2) is 0 Å². The first-order valence-corrected chi connectivity index (χ1v) is 10.7. The predicted molar refractivity (Wildman–Crippen MR) is 113 cm³/mol. The summed E-state index contributed by atoms with van der Waals surface area (Å²) in [6.07, 6.45) is 4.03. The van der Waals surface area contributed by atoms with E-state index in [9.17, 15) is 9.59 Å². The molecular weight excluding hydrogens is 405 g/mol. The Labute approximate surface area is 176 Å². The van der Waals surface area contributed by atoms with E-state index in [1.54, 1.807) is 0 Å². The first-order chi connectivity index (χ1) is 12.6. The molecule has 0 saturated carbocycles. The summed E-state index contributed by atoms with van der Waals surface area (Å²) in [6.45, 7) is 3.10. The lowest BCUT2D eigenvalue weighted by Crippen LogP contribution is -2.47. The summed E-state index contributed by atoms with van der Waals surface area (Å²) in [4.78, 5) is 27.5. The summed E-state index contributed by atoms with van der Waals surface area (Å²) < 4.78 is 0. The minimum atomic E-state index is -0.0386. The van der Waals surface area contributed by atoms with Crippen LogP contribution in [0.25, 0.3) is 0 Å². The molecule has 2 atom stereocenters. The number of carbonyl (C=O) groups is 2. The number of amides is 2. The molecule has 27 heavy (non-hydrogen) atoms. The third kappa shape index (κ3) is 6.56. The van der Waals surface area contributed by atoms with Crippen molar-refractivity contribution in [3.05, 3.63) is 29.3 Å². The van der Waals surface area contributed by atoms with Crippen molar-refractivity contribution in [1.29, 1.82) is 0 Å². The van der Waals surface area contributed by atoms with Crippen molar-refractivity contribution >= 4 is 47.6 Å². The van der Waals surface area contributed by atoms with Gasteiger partial charge in [0.2, 0.25) is 11.8 Å². The fourth-order valence-electron chi connectivity index (χ4n) is 3.53. The number of benzene rings is 1. The number of carbonyl (C=O) groups excluding carboxylic acids is 2. The van der Waals surface area contributed by atoms with Gasteiger partial charge in [-0.25, -0.2) is 0 Å². The van der Waals surface area contributed by atoms with Crippen LogP contribution in [0, 0.1) is 5.92 Å². The minimum Gasteiger partial charge on any atom is -0.354 e. The van der Waals surface area contributed by atoms with E-state index in [0.29, 0.717) is 23.2 Å². The molecule has 2 unspecified atom stereocenters. The zero-order valence-electron chi connectivity index (χ0n) is 15.3. The van der Waals surface area contributed by atoms with Crippen molar-refractivity contribution in [1.82, 2.24) is 15.5 Å². The summed E-state index contributed by atoms with van der Waals surface area (Å²) in [6, 6.07) is 7.55. The maximum Gasteiger partial charge on any atom is 0.237 e. The lowest BCUT2D eigenvalue weighted by atomic mass is 9.98. The molecule has 0 radical (unpaired) electrons. The number of nitrogens with zero attached hydrogens (tertiary/aromatic N) is 1. The quantitative estimate of drug-likeness (QED) is 0.679. The number of thioether (sulfide) groups is 1. The van der Waals surface area contributed by atoms with Gasteiger partial charge in [0.25, 0.3) is 0 Å². The molecule has 2 aliphatic rings. The molecule has 3 rings (SSSR count). The molecule has 2 saturated heterocycles. The predicted octanol–water partition coefficient (Wildman–Crippen LogP) is 2.96. The van der Waals surface area contributed by atoms with E-state index < -0.39 is 0 Å². The second-order valence-corrected chi connectivity index (χ2v) is 8.39. The van der Waals surface area contributed by atoms with Crippen molar-refractivity contribution in [2.24, 2.45) is 5.92 Å². The van der Waals surface area contributed by atoms with Crippen LogP contribution in [0.2, 0.25) is 5.02 Å². The number of rotatable bonds is 6. The van der Waals surface area contributed by atoms with Crippen LogP contribution < -0.4 is 10.6 Å². The summed E-state index contributed by atoms with van der Waals surface area (Å²) in [5.74, 6) is 0.974. The third-order valence-electron chi connectivity index (χ3n) is 5.00. The SMILES string of the molecule is Cl.O=C(NCC1CCCN(C(=O)CSc2ccccc2Cl)C1)C1CCCN1. The van der Waals surface area contributed by atoms with Gasteiger partial charge in [0, 0.05) is 24.5 Å². The second-order valence-electron chi connectivity index (χ2n) is 6.96. The van der Waals surface area contributed by atoms with Crippen LogP contribution in [0.5, 0.6) is 0 Å². The fraction of sp³-hybridized carbons (Fsp3) is 0.579. The molecule has 1 aromatic rings. The van der Waals surface area contributed by atoms with Gasteiger partial charge in [0.05, 0.1) is 16.8 Å². The maximum atomic E-state index is 12.5. The Bertz CT molecular complexity index is 641. The smallest absolute Gasteiger partial charge is 0.237 e. The van der Waals surface area contributed by atoms with Crippen molar-refractivity contribution < 1.29 is 9.59 Å². The van der Waals surface area contributed by atoms with Crippen LogP contribution in [0.3, 0.4) is 0 Å². The first-order valence-electron chi connectivity index (χ1n) is 9.29. The highest BCUT2D eigenvalue weighted by atomic mass is 35.5. The zero-order valence-corrected chi connectivity index (χ0v) is 17.7. The summed E-state index contributed by atoms with van der Waals surface area (Å²) in [7, 11) is 0. The molecule has 2 N–H and O–H groups in total. The van der Waals surface area contributed by atoms with E-state index >= 15 is 0 Å². The average molecular weight is 432 g/mol. The van der Waals surface area contributed by atoms with Gasteiger partial charge in [-0.1, -0.05) is 23.7 Å². The molecule has 0 aliphatic carbocycles. The normalized spacial score (nSPS) is 22.2. The van der Waals surface area contributed by atoms with E-state index in [-0.39, 0.29) is 30.3 Å². The van der Waals surface area contributed by atoms with Crippen molar-refractivity contribution in [3.8, 4) is 0 Å². The van der Waals surface area contributed by atoms with Crippen molar-refractivity contribution in [2.45, 2.75) is 36.6 Å². The number of hydrogen-bond donors (Lipinski definition) is 2. The van der Waals surface area contributed by atoms with Gasteiger partial charge >= 0.3 is 0 Å². The van der Waals surface area contributed by atoms with E-state index in [1.165, 1.54) is 11.8 Å². The van der Waals surface area contributed by atoms with Crippen LogP contribution in [0.1, 0.15) is 25.7 Å². The van der Waals surface area contributed by atoms with E-state index in [4.69, 9.17) is 11.6 Å². The molecule has 2 fully saturated rings. The maximum absolute atomic E-state index is 12.5. The van der Waals surface area contributed by atoms with Crippen LogP contribution in [0.15, 0.2) is 29.2 Å². The Balaban J connectivity index is 0.00000261. The number of hydrogen-bond acceptors (Lipinski definition) is 4. The van der Waals surface area contributed by atoms with Crippen LogP contribution in [0.4, 0.5) is 0 Å². The zero-order chi connectivity index (χ0) is 18.4. The van der Waals surface area contributed by atoms with Gasteiger partial charge in [-0.3, -0.25) is 9.59 Å². The lowest BCUT2D eigenvalue weighted by molar-refractivity contribution is -0.130. The van der Waals surface area contributed by atoms with Gasteiger partial charge in [-0.05, 0) is 50.3 Å². The first kappa shape index (κ1) is 22.3. The molecule has 1 aromatic carbocycles. The van der Waals surface area contributed by atoms with E-state index in [2.05, 4.69) is 10.6 Å². The average Bonchev–Trinajstić information content (AvgIpc) is 3.20. The molecule has 8 heteroatoms. The Hall–Kier alpha value is -0.950. The number of halogens is 2. The molecule has 0 aromatic heterocycles. The van der Waals surface area contributed by atoms with Gasteiger partial charge in [-0.2, -0.15) is 0 Å². The molecule has 2 amide bonds. The second kappa shape index (κ2) is 11.1. The Kier molecular flexibility index (Phi) is 9.22. The Morgan fingerprint density at radius 1 is 1.26 bits per heavy atom. The molecular formula is C19H27Cl2N3O2S. The molecule has 0 spiro atoms. The Morgan fingerprint density at radius 2 is 2.07 bits per heavy atom. The lowest BCUT2D eigenvalue weighted by Gasteiger charge is -2.33. The van der Waals surface area contributed by atoms with E-state index in [1.807, 2.05) is 29.2 Å². The van der Waals surface area contributed by atoms with Crippen LogP contribution in [-0.2, 0) is 9.59 Å². The van der Waals surface area contributed by atoms with Crippen LogP contribution >= 0.6 is 35.8 Å². The molecule has 150 valence electrons. The molecule has 5 nitrogen and oxygen atoms in total. The Morgan fingerprint density at radius 3 is 2.81 bits per heavy atom. The van der Waals surface area contributed by atoms with Crippen molar-refractivity contribution in [3.63, 3.8) is 0 Å². The summed E-state index contributed by atoms with van der Waals surface area (Å²) in [5, 5.41) is 6.96. The fourth-order valence-corrected chi connectivity index (χ4v) is 4.67. The van der Waals surface area contributed by atoms with Gasteiger partial charge < -0.3 is 15.5 Å². The van der Waals surface area contributed by atoms with Crippen molar-refractivity contribution in [2.75, 3.05) is 31.9 Å². The number of likely N-dealkylation sites (tertiary alicyclic amines) is 1. The van der Waals surface area contributed by atoms with Gasteiger partial charge in [-0.15, -0.1) is 24.2 Å². The largest absolute Gasteiger partial charge is 0.354 e. The molecule has 0 bridgehead atoms. The van der Waals surface area contributed by atoms with E-state index in [0.717, 1.165) is 50.2 Å². The highest BCUT2D eigenvalue weighted by molar-refractivity contribution is 8.00. The molecule has 2 heterocycles. The third-order valence-corrected chi connectivity index (χ3v) is 6.50. The summed E-state index contributed by atoms with van der Waals surface area (Å²) >= 11 is 7.63. The number of piperidine rings is 1. The number of nitrogens with one attached hydrogen (secondary N) is 2. The monoisotopic (exact) mass is 431 g/mol. The standard InChI is InChI=1S/C19H26ClN3O2S.ClH/c20-15-6-1-2-8-17(15)26-13-18(24)23-10-4-5-14(12-23)11-22-19(25)16-7-3-9-21-16;/h1-2,6,8,14,16,21H,3-5,7,9-13H2,(H,22,25);1H. The summed E-state index contributed by atoms with van der Waals surface area (Å²) in [5.41, 5.74) is 0. The molecule has 2 aliphatic heterocycles. The van der Waals surface area contributed by atoms with Gasteiger partial charge in [0.1, 0.15) is 0 Å². The topological polar surface area (TPSA) is 61.4 Å². The highest BCUT2D eigenvalue weighted by Gasteiger charge is 2.26. The van der Waals surface area contributed by atoms with Crippen LogP contribution in [-0.4, -0.2) is 54.7 Å². The minimum absolute atomic E-state index is 0.